The van der Waals surface area contributed by atoms with Gasteiger partial charge in [0.1, 0.15) is 0 Å². The molecule has 0 heterocycles. The van der Waals surface area contributed by atoms with Gasteiger partial charge in [0.25, 0.3) is 0 Å². The molecule has 20 heavy (non-hydrogen) atoms. The molecule has 1 aliphatic rings. The van der Waals surface area contributed by atoms with E-state index in [0.29, 0.717) is 0 Å². The summed E-state index contributed by atoms with van der Waals surface area (Å²) in [6.07, 6.45) is 6.11. The number of hydrogen-bond acceptors (Lipinski definition) is 2. The van der Waals surface area contributed by atoms with E-state index in [2.05, 4.69) is 47.8 Å². The summed E-state index contributed by atoms with van der Waals surface area (Å²) in [6.45, 7) is 0. The molecule has 0 fully saturated rings. The Morgan fingerprint density at radius 3 is 2.10 bits per heavy atom. The van der Waals surface area contributed by atoms with Crippen LogP contribution in [-0.2, 0) is 0 Å². The van der Waals surface area contributed by atoms with Gasteiger partial charge in [-0.15, -0.1) is 0 Å². The second kappa shape index (κ2) is 5.66. The molecule has 0 aromatic heterocycles. The molecule has 0 bridgehead atoms. The first-order valence-electron chi connectivity index (χ1n) is 6.89. The van der Waals surface area contributed by atoms with Crippen LogP contribution in [0.4, 0.5) is 11.4 Å². The fourth-order valence-corrected chi connectivity index (χ4v) is 2.35. The zero-order valence-corrected chi connectivity index (χ0v) is 11.3. The number of allylic oxidation sites excluding steroid dienone is 4. The molecule has 0 radical (unpaired) electrons. The molecule has 2 heteroatoms. The van der Waals surface area contributed by atoms with Crippen molar-refractivity contribution in [2.45, 2.75) is 12.8 Å². The van der Waals surface area contributed by atoms with Gasteiger partial charge in [-0.25, -0.2) is 0 Å². The second-order valence-corrected chi connectivity index (χ2v) is 5.00. The molecular formula is C18H18N2. The van der Waals surface area contributed by atoms with Gasteiger partial charge in [-0.3, -0.25) is 0 Å². The van der Waals surface area contributed by atoms with E-state index in [1.165, 1.54) is 11.1 Å². The van der Waals surface area contributed by atoms with Gasteiger partial charge in [0, 0.05) is 17.1 Å². The standard InChI is InChI=1S/C18H18N2/c19-16-10-6-14(7-11-16)15-8-12-18(13-9-15)20-17-4-2-1-3-5-17/h1-6,8-10,12-13,20H,7,11,19H2. The highest BCUT2D eigenvalue weighted by Crippen LogP contribution is 2.26. The lowest BCUT2D eigenvalue weighted by Gasteiger charge is -2.13. The molecule has 2 nitrogen and oxygen atoms in total. The van der Waals surface area contributed by atoms with Gasteiger partial charge in [-0.2, -0.15) is 0 Å². The Morgan fingerprint density at radius 2 is 1.45 bits per heavy atom. The summed E-state index contributed by atoms with van der Waals surface area (Å²) in [6, 6.07) is 18.7. The summed E-state index contributed by atoms with van der Waals surface area (Å²) in [5.41, 5.74) is 11.6. The van der Waals surface area contributed by atoms with Crippen LogP contribution in [0.15, 0.2) is 72.4 Å². The predicted octanol–water partition coefficient (Wildman–Crippen LogP) is 4.45. The number of rotatable bonds is 3. The zero-order valence-electron chi connectivity index (χ0n) is 11.3. The molecular weight excluding hydrogens is 244 g/mol. The van der Waals surface area contributed by atoms with E-state index in [0.717, 1.165) is 29.9 Å². The summed E-state index contributed by atoms with van der Waals surface area (Å²) in [5.74, 6) is 0. The average molecular weight is 262 g/mol. The van der Waals surface area contributed by atoms with Gasteiger partial charge >= 0.3 is 0 Å². The van der Waals surface area contributed by atoms with E-state index in [1.54, 1.807) is 0 Å². The maximum Gasteiger partial charge on any atom is 0.0384 e. The third-order valence-electron chi connectivity index (χ3n) is 3.50. The highest BCUT2D eigenvalue weighted by molar-refractivity contribution is 5.71. The van der Waals surface area contributed by atoms with Crippen LogP contribution in [0, 0.1) is 0 Å². The summed E-state index contributed by atoms with van der Waals surface area (Å²) >= 11 is 0. The first-order chi connectivity index (χ1) is 9.81. The Morgan fingerprint density at radius 1 is 0.750 bits per heavy atom. The highest BCUT2D eigenvalue weighted by atomic mass is 14.9. The van der Waals surface area contributed by atoms with Crippen LogP contribution in [0.1, 0.15) is 18.4 Å². The first kappa shape index (κ1) is 12.5. The third-order valence-corrected chi connectivity index (χ3v) is 3.50. The maximum atomic E-state index is 5.79. The lowest BCUT2D eigenvalue weighted by molar-refractivity contribution is 0.958. The Kier molecular flexibility index (Phi) is 3.55. The molecule has 0 aliphatic heterocycles. The molecule has 0 unspecified atom stereocenters. The van der Waals surface area contributed by atoms with Gasteiger partial charge in [0.15, 0.2) is 0 Å². The van der Waals surface area contributed by atoms with Gasteiger partial charge < -0.3 is 11.1 Å². The minimum Gasteiger partial charge on any atom is -0.402 e. The quantitative estimate of drug-likeness (QED) is 0.857. The van der Waals surface area contributed by atoms with E-state index in [4.69, 9.17) is 5.73 Å². The van der Waals surface area contributed by atoms with Crippen molar-refractivity contribution in [3.05, 3.63) is 78.0 Å². The molecule has 3 rings (SSSR count). The fourth-order valence-electron chi connectivity index (χ4n) is 2.35. The Balaban J connectivity index is 1.75. The second-order valence-electron chi connectivity index (χ2n) is 5.00. The summed E-state index contributed by atoms with van der Waals surface area (Å²) < 4.78 is 0. The minimum absolute atomic E-state index is 0.954. The van der Waals surface area contributed by atoms with E-state index in [1.807, 2.05) is 24.3 Å². The van der Waals surface area contributed by atoms with Crippen LogP contribution in [0.5, 0.6) is 0 Å². The van der Waals surface area contributed by atoms with Gasteiger partial charge in [0.2, 0.25) is 0 Å². The molecule has 0 saturated heterocycles. The summed E-state index contributed by atoms with van der Waals surface area (Å²) in [7, 11) is 0. The Bertz CT molecular complexity index is 637. The molecule has 3 N–H and O–H groups in total. The number of hydrogen-bond donors (Lipinski definition) is 2. The minimum atomic E-state index is 0.954. The van der Waals surface area contributed by atoms with Crippen LogP contribution in [0.25, 0.3) is 5.57 Å². The van der Waals surface area contributed by atoms with Crippen molar-refractivity contribution in [3.8, 4) is 0 Å². The molecule has 1 aliphatic carbocycles. The number of para-hydroxylation sites is 1. The summed E-state index contributed by atoms with van der Waals surface area (Å²) in [4.78, 5) is 0. The summed E-state index contributed by atoms with van der Waals surface area (Å²) in [5, 5.41) is 3.39. The zero-order chi connectivity index (χ0) is 13.8. The number of nitrogens with two attached hydrogens (primary N) is 1. The van der Waals surface area contributed by atoms with E-state index in [9.17, 15) is 0 Å². The molecule has 2 aromatic carbocycles. The largest absolute Gasteiger partial charge is 0.402 e. The molecule has 100 valence electrons. The predicted molar refractivity (Wildman–Crippen MR) is 85.6 cm³/mol. The van der Waals surface area contributed by atoms with E-state index < -0.39 is 0 Å². The number of anilines is 2. The lowest BCUT2D eigenvalue weighted by atomic mass is 9.96. The van der Waals surface area contributed by atoms with Crippen LogP contribution in [0.3, 0.4) is 0 Å². The maximum absolute atomic E-state index is 5.79. The highest BCUT2D eigenvalue weighted by Gasteiger charge is 2.06. The monoisotopic (exact) mass is 262 g/mol. The lowest BCUT2D eigenvalue weighted by Crippen LogP contribution is -2.01. The normalized spacial score (nSPS) is 14.4. The van der Waals surface area contributed by atoms with Crippen LogP contribution >= 0.6 is 0 Å². The van der Waals surface area contributed by atoms with E-state index >= 15 is 0 Å². The smallest absolute Gasteiger partial charge is 0.0384 e. The third kappa shape index (κ3) is 2.91. The van der Waals surface area contributed by atoms with Crippen LogP contribution < -0.4 is 11.1 Å². The van der Waals surface area contributed by atoms with Crippen molar-refractivity contribution in [1.29, 1.82) is 0 Å². The van der Waals surface area contributed by atoms with E-state index in [-0.39, 0.29) is 0 Å². The molecule has 0 saturated carbocycles. The topological polar surface area (TPSA) is 38.0 Å². The van der Waals surface area contributed by atoms with Crippen LogP contribution in [0.2, 0.25) is 0 Å². The Labute approximate surface area is 119 Å². The molecule has 0 atom stereocenters. The van der Waals surface area contributed by atoms with Crippen molar-refractivity contribution in [2.24, 2.45) is 5.73 Å². The van der Waals surface area contributed by atoms with Crippen molar-refractivity contribution >= 4 is 16.9 Å². The molecule has 0 spiro atoms. The van der Waals surface area contributed by atoms with Gasteiger partial charge in [-0.1, -0.05) is 36.4 Å². The molecule has 0 amide bonds. The van der Waals surface area contributed by atoms with Crippen molar-refractivity contribution in [2.75, 3.05) is 5.32 Å². The fraction of sp³-hybridized carbons (Fsp3) is 0.111. The van der Waals surface area contributed by atoms with Crippen LogP contribution in [-0.4, -0.2) is 0 Å². The van der Waals surface area contributed by atoms with Gasteiger partial charge in [-0.05, 0) is 54.3 Å². The average Bonchev–Trinajstić information content (AvgIpc) is 2.50. The van der Waals surface area contributed by atoms with Crippen molar-refractivity contribution < 1.29 is 0 Å². The number of nitrogens with one attached hydrogen (secondary N) is 1. The first-order valence-corrected chi connectivity index (χ1v) is 6.89. The molecule has 2 aromatic rings. The van der Waals surface area contributed by atoms with Crippen molar-refractivity contribution in [3.63, 3.8) is 0 Å². The number of benzene rings is 2. The SMILES string of the molecule is NC1=CC=C(c2ccc(Nc3ccccc3)cc2)CC1. The van der Waals surface area contributed by atoms with Crippen molar-refractivity contribution in [1.82, 2.24) is 0 Å². The Hall–Kier alpha value is -2.48. The van der Waals surface area contributed by atoms with Gasteiger partial charge in [0.05, 0.1) is 0 Å².